The van der Waals surface area contributed by atoms with Crippen molar-refractivity contribution in [1.82, 2.24) is 19.9 Å². The molecule has 0 spiro atoms. The Morgan fingerprint density at radius 2 is 2.04 bits per heavy atom. The second-order valence-electron chi connectivity index (χ2n) is 7.45. The van der Waals surface area contributed by atoms with Crippen LogP contribution < -0.4 is 10.1 Å². The average Bonchev–Trinajstić information content (AvgIpc) is 3.10. The molecule has 1 amide bonds. The van der Waals surface area contributed by atoms with Crippen LogP contribution in [-0.2, 0) is 6.54 Å². The summed E-state index contributed by atoms with van der Waals surface area (Å²) in [5.74, 6) is 2.29. The van der Waals surface area contributed by atoms with Gasteiger partial charge in [0.05, 0.1) is 13.7 Å². The number of rotatable bonds is 5. The minimum Gasteiger partial charge on any atom is -0.496 e. The normalized spacial score (nSPS) is 14.9. The van der Waals surface area contributed by atoms with Crippen LogP contribution in [0.2, 0.25) is 0 Å². The van der Waals surface area contributed by atoms with Crippen molar-refractivity contribution in [2.24, 2.45) is 0 Å². The van der Waals surface area contributed by atoms with Crippen LogP contribution in [0, 0.1) is 6.92 Å². The fourth-order valence-corrected chi connectivity index (χ4v) is 3.93. The summed E-state index contributed by atoms with van der Waals surface area (Å²) >= 11 is 0. The third-order valence-electron chi connectivity index (χ3n) is 5.40. The van der Waals surface area contributed by atoms with Gasteiger partial charge in [-0.1, -0.05) is 25.3 Å². The van der Waals surface area contributed by atoms with Crippen molar-refractivity contribution in [3.63, 3.8) is 0 Å². The summed E-state index contributed by atoms with van der Waals surface area (Å²) in [6, 6.07) is 9.88. The van der Waals surface area contributed by atoms with E-state index in [2.05, 4.69) is 19.9 Å². The number of methoxy groups -OCH3 is 1. The molecule has 1 aromatic rings. The summed E-state index contributed by atoms with van der Waals surface area (Å²) in [5.41, 5.74) is 2.51. The zero-order valence-corrected chi connectivity index (χ0v) is 16.4. The summed E-state index contributed by atoms with van der Waals surface area (Å²) in [4.78, 5) is 21.6. The maximum atomic E-state index is 12.6. The van der Waals surface area contributed by atoms with Crippen LogP contribution in [0.25, 0.3) is 11.5 Å². The molecular formula is C22H26N4O2. The highest BCUT2D eigenvalue weighted by molar-refractivity contribution is 5.95. The summed E-state index contributed by atoms with van der Waals surface area (Å²) in [6.07, 6.45) is 7.79. The number of carbonyl (C=O) groups excluding carboxylic acids is 1. The zero-order chi connectivity index (χ0) is 19.5. The van der Waals surface area contributed by atoms with E-state index in [0.29, 0.717) is 23.9 Å². The molecule has 2 aliphatic heterocycles. The molecule has 3 aliphatic rings. The fourth-order valence-electron chi connectivity index (χ4n) is 3.93. The van der Waals surface area contributed by atoms with E-state index in [1.807, 2.05) is 43.5 Å². The molecule has 0 bridgehead atoms. The number of aromatic nitrogens is 3. The molecule has 1 aliphatic carbocycles. The number of fused-ring (bicyclic) bond motifs is 1. The van der Waals surface area contributed by atoms with Crippen LogP contribution in [0.5, 0.6) is 5.75 Å². The van der Waals surface area contributed by atoms with Gasteiger partial charge in [-0.15, -0.1) is 0 Å². The number of benzene rings is 1. The van der Waals surface area contributed by atoms with Gasteiger partial charge in [0.1, 0.15) is 17.3 Å². The van der Waals surface area contributed by atoms with Crippen molar-refractivity contribution >= 4 is 5.91 Å². The molecule has 6 nitrogen and oxygen atoms in total. The van der Waals surface area contributed by atoms with Gasteiger partial charge in [-0.25, -0.2) is 9.97 Å². The van der Waals surface area contributed by atoms with Crippen molar-refractivity contribution in [1.29, 1.82) is 0 Å². The Balaban J connectivity index is 1.54. The summed E-state index contributed by atoms with van der Waals surface area (Å²) in [7, 11) is 1.64. The molecule has 6 heteroatoms. The number of nitrogens with zero attached hydrogens (tertiary/aromatic N) is 3. The molecule has 28 heavy (non-hydrogen) atoms. The van der Waals surface area contributed by atoms with Crippen LogP contribution in [-0.4, -0.2) is 33.6 Å². The topological polar surface area (TPSA) is 69.0 Å². The van der Waals surface area contributed by atoms with E-state index in [4.69, 9.17) is 4.74 Å². The van der Waals surface area contributed by atoms with Crippen molar-refractivity contribution in [2.75, 3.05) is 7.11 Å². The number of aryl methyl sites for hydroxylation is 1. The minimum absolute atomic E-state index is 0.0240. The van der Waals surface area contributed by atoms with Gasteiger partial charge in [-0.3, -0.25) is 4.79 Å². The molecule has 4 rings (SSSR count). The molecule has 2 heterocycles. The number of carbonyl (C=O) groups is 1. The van der Waals surface area contributed by atoms with Crippen LogP contribution in [0.3, 0.4) is 0 Å². The first-order chi connectivity index (χ1) is 13.6. The lowest BCUT2D eigenvalue weighted by molar-refractivity contribution is 0.0927. The SMILES string of the molecule is COc1cc(C(=O)NC2CCCCC2)ccc1Cn1cccc2nc(C)nc1-2. The number of nitrogens with one attached hydrogen (secondary N) is 1. The van der Waals surface area contributed by atoms with Crippen molar-refractivity contribution in [3.8, 4) is 17.3 Å². The Hall–Kier alpha value is -2.89. The van der Waals surface area contributed by atoms with Crippen molar-refractivity contribution in [2.45, 2.75) is 51.6 Å². The van der Waals surface area contributed by atoms with E-state index in [-0.39, 0.29) is 5.91 Å². The number of amides is 1. The van der Waals surface area contributed by atoms with Crippen LogP contribution in [0.1, 0.15) is 53.8 Å². The lowest BCUT2D eigenvalue weighted by atomic mass is 9.95. The molecule has 146 valence electrons. The zero-order valence-electron chi connectivity index (χ0n) is 16.4. The Labute approximate surface area is 165 Å². The molecular weight excluding hydrogens is 352 g/mol. The van der Waals surface area contributed by atoms with Gasteiger partial charge in [0.15, 0.2) is 5.82 Å². The van der Waals surface area contributed by atoms with E-state index >= 15 is 0 Å². The number of imidazole rings is 1. The van der Waals surface area contributed by atoms with Gasteiger partial charge in [0, 0.05) is 23.4 Å². The van der Waals surface area contributed by atoms with Gasteiger partial charge < -0.3 is 14.6 Å². The molecule has 0 radical (unpaired) electrons. The first-order valence-corrected chi connectivity index (χ1v) is 9.91. The highest BCUT2D eigenvalue weighted by atomic mass is 16.5. The highest BCUT2D eigenvalue weighted by Gasteiger charge is 2.18. The monoisotopic (exact) mass is 378 g/mol. The van der Waals surface area contributed by atoms with Gasteiger partial charge >= 0.3 is 0 Å². The molecule has 0 aromatic heterocycles. The quantitative estimate of drug-likeness (QED) is 0.733. The summed E-state index contributed by atoms with van der Waals surface area (Å²) < 4.78 is 7.64. The largest absolute Gasteiger partial charge is 0.496 e. The van der Waals surface area contributed by atoms with Crippen LogP contribution in [0.4, 0.5) is 0 Å². The molecule has 1 aromatic carbocycles. The standard InChI is InChI=1S/C22H26N4O2/c1-15-23-19-9-6-12-26(21(19)24-15)14-17-11-10-16(13-20(17)28-2)22(27)25-18-7-4-3-5-8-18/h6,9-13,18H,3-5,7-8,14H2,1-2H3,(H,25,27). The summed E-state index contributed by atoms with van der Waals surface area (Å²) in [5, 5.41) is 3.16. The van der Waals surface area contributed by atoms with Crippen molar-refractivity contribution < 1.29 is 9.53 Å². The van der Waals surface area contributed by atoms with Gasteiger partial charge in [0.2, 0.25) is 0 Å². The molecule has 1 fully saturated rings. The van der Waals surface area contributed by atoms with Crippen LogP contribution >= 0.6 is 0 Å². The first kappa shape index (κ1) is 18.5. The van der Waals surface area contributed by atoms with Gasteiger partial charge in [-0.2, -0.15) is 0 Å². The smallest absolute Gasteiger partial charge is 0.251 e. The van der Waals surface area contributed by atoms with Gasteiger partial charge in [-0.05, 0) is 44.0 Å². The average molecular weight is 378 g/mol. The van der Waals surface area contributed by atoms with Crippen molar-refractivity contribution in [3.05, 3.63) is 53.5 Å². The molecule has 1 N–H and O–H groups in total. The maximum Gasteiger partial charge on any atom is 0.251 e. The number of hydrogen-bond donors (Lipinski definition) is 1. The first-order valence-electron chi connectivity index (χ1n) is 9.91. The predicted molar refractivity (Wildman–Crippen MR) is 108 cm³/mol. The fraction of sp³-hybridized carbons (Fsp3) is 0.409. The maximum absolute atomic E-state index is 12.6. The van der Waals surface area contributed by atoms with E-state index in [1.54, 1.807) is 7.11 Å². The highest BCUT2D eigenvalue weighted by Crippen LogP contribution is 2.25. The van der Waals surface area contributed by atoms with E-state index < -0.39 is 0 Å². The van der Waals surface area contributed by atoms with E-state index in [0.717, 1.165) is 35.7 Å². The second kappa shape index (κ2) is 8.00. The van der Waals surface area contributed by atoms with E-state index in [9.17, 15) is 4.79 Å². The Bertz CT molecular complexity index is 944. The lowest BCUT2D eigenvalue weighted by Crippen LogP contribution is -2.36. The van der Waals surface area contributed by atoms with Gasteiger partial charge in [0.25, 0.3) is 5.91 Å². The second-order valence-corrected chi connectivity index (χ2v) is 7.45. The van der Waals surface area contributed by atoms with E-state index in [1.165, 1.54) is 19.3 Å². The third-order valence-corrected chi connectivity index (χ3v) is 5.40. The minimum atomic E-state index is -0.0240. The molecule has 1 saturated carbocycles. The Kier molecular flexibility index (Phi) is 5.28. The van der Waals surface area contributed by atoms with Crippen LogP contribution in [0.15, 0.2) is 36.5 Å². The number of ether oxygens (including phenoxy) is 1. The lowest BCUT2D eigenvalue weighted by Gasteiger charge is -2.23. The third kappa shape index (κ3) is 3.86. The number of hydrogen-bond acceptors (Lipinski definition) is 4. The molecule has 0 unspecified atom stereocenters. The number of pyridine rings is 1. The molecule has 0 saturated heterocycles. The Morgan fingerprint density at radius 3 is 2.82 bits per heavy atom. The Morgan fingerprint density at radius 1 is 1.21 bits per heavy atom. The predicted octanol–water partition coefficient (Wildman–Crippen LogP) is 3.81. The summed E-state index contributed by atoms with van der Waals surface area (Å²) in [6.45, 7) is 2.49. The molecule has 0 atom stereocenters.